The molecular weight excluding hydrogens is 522 g/mol. The molecule has 0 aliphatic heterocycles. The van der Waals surface area contributed by atoms with E-state index in [-0.39, 0.29) is 37.8 Å². The molecule has 0 saturated heterocycles. The molecular formula is C33H65NO7. The molecule has 0 amide bonds. The molecule has 0 spiro atoms. The summed E-state index contributed by atoms with van der Waals surface area (Å²) in [7, 11) is 0. The number of ether oxygens (including phenoxy) is 5. The van der Waals surface area contributed by atoms with Gasteiger partial charge in [-0.15, -0.1) is 0 Å². The quantitative estimate of drug-likeness (QED) is 0.0471. The Bertz CT molecular complexity index is 568. The first kappa shape index (κ1) is 39.6. The fourth-order valence-corrected chi connectivity index (χ4v) is 4.39. The third-order valence-corrected chi connectivity index (χ3v) is 7.18. The fraction of sp³-hybridized carbons (Fsp3) is 0.939. The SMILES string of the molecule is CCCCCCCCOC(CCC(=O)OCC(C)COC(=O)OCCCCN(CC)CC)OCCCCCCCC. The maximum Gasteiger partial charge on any atom is 0.508 e. The van der Waals surface area contributed by atoms with Gasteiger partial charge in [-0.05, 0) is 45.3 Å². The smallest absolute Gasteiger partial charge is 0.465 e. The van der Waals surface area contributed by atoms with Crippen LogP contribution in [0.5, 0.6) is 0 Å². The van der Waals surface area contributed by atoms with Crippen LogP contribution in [-0.2, 0) is 28.5 Å². The van der Waals surface area contributed by atoms with E-state index < -0.39 is 6.16 Å². The monoisotopic (exact) mass is 587 g/mol. The first-order valence-electron chi connectivity index (χ1n) is 16.9. The fourth-order valence-electron chi connectivity index (χ4n) is 4.39. The third kappa shape index (κ3) is 27.2. The van der Waals surface area contributed by atoms with E-state index in [4.69, 9.17) is 23.7 Å². The van der Waals surface area contributed by atoms with Crippen molar-refractivity contribution in [1.29, 1.82) is 0 Å². The summed E-state index contributed by atoms with van der Waals surface area (Å²) in [6.07, 6.45) is 15.9. The molecule has 8 heteroatoms. The van der Waals surface area contributed by atoms with Crippen LogP contribution in [0.2, 0.25) is 0 Å². The Morgan fingerprint density at radius 1 is 0.610 bits per heavy atom. The summed E-state index contributed by atoms with van der Waals surface area (Å²) in [5.41, 5.74) is 0. The average Bonchev–Trinajstić information content (AvgIpc) is 2.98. The molecule has 0 saturated carbocycles. The molecule has 244 valence electrons. The highest BCUT2D eigenvalue weighted by Gasteiger charge is 2.15. The topological polar surface area (TPSA) is 83.5 Å². The van der Waals surface area contributed by atoms with E-state index in [1.807, 2.05) is 6.92 Å². The van der Waals surface area contributed by atoms with Gasteiger partial charge in [0.15, 0.2) is 6.29 Å². The molecule has 0 aromatic heterocycles. The molecule has 0 heterocycles. The average molecular weight is 588 g/mol. The van der Waals surface area contributed by atoms with E-state index in [1.54, 1.807) is 0 Å². The van der Waals surface area contributed by atoms with Gasteiger partial charge in [0.2, 0.25) is 0 Å². The predicted octanol–water partition coefficient (Wildman–Crippen LogP) is 8.30. The van der Waals surface area contributed by atoms with Crippen molar-refractivity contribution in [3.05, 3.63) is 0 Å². The number of carbonyl (C=O) groups is 2. The van der Waals surface area contributed by atoms with Crippen molar-refractivity contribution in [3.63, 3.8) is 0 Å². The van der Waals surface area contributed by atoms with Crippen LogP contribution in [0.4, 0.5) is 4.79 Å². The van der Waals surface area contributed by atoms with Crippen molar-refractivity contribution in [2.45, 2.75) is 144 Å². The zero-order valence-corrected chi connectivity index (χ0v) is 27.4. The number of rotatable bonds is 30. The second kappa shape index (κ2) is 30.1. The molecule has 8 nitrogen and oxygen atoms in total. The summed E-state index contributed by atoms with van der Waals surface area (Å²) in [6, 6.07) is 0. The summed E-state index contributed by atoms with van der Waals surface area (Å²) in [6.45, 7) is 15.7. The highest BCUT2D eigenvalue weighted by Crippen LogP contribution is 2.12. The highest BCUT2D eigenvalue weighted by molar-refractivity contribution is 5.69. The number of unbranched alkanes of at least 4 members (excludes halogenated alkanes) is 11. The van der Waals surface area contributed by atoms with Gasteiger partial charge in [-0.3, -0.25) is 4.79 Å². The number of hydrogen-bond acceptors (Lipinski definition) is 8. The largest absolute Gasteiger partial charge is 0.508 e. The highest BCUT2D eigenvalue weighted by atomic mass is 16.7. The molecule has 0 aliphatic carbocycles. The van der Waals surface area contributed by atoms with Crippen molar-refractivity contribution < 1.29 is 33.3 Å². The van der Waals surface area contributed by atoms with E-state index in [0.29, 0.717) is 26.2 Å². The molecule has 0 rings (SSSR count). The van der Waals surface area contributed by atoms with E-state index in [2.05, 4.69) is 32.6 Å². The molecule has 0 fully saturated rings. The van der Waals surface area contributed by atoms with Crippen LogP contribution < -0.4 is 0 Å². The lowest BCUT2D eigenvalue weighted by Crippen LogP contribution is -2.24. The van der Waals surface area contributed by atoms with Crippen molar-refractivity contribution in [2.24, 2.45) is 5.92 Å². The van der Waals surface area contributed by atoms with Crippen molar-refractivity contribution in [3.8, 4) is 0 Å². The van der Waals surface area contributed by atoms with Gasteiger partial charge >= 0.3 is 12.1 Å². The lowest BCUT2D eigenvalue weighted by atomic mass is 10.1. The van der Waals surface area contributed by atoms with Gasteiger partial charge in [0.05, 0.1) is 19.6 Å². The molecule has 0 N–H and O–H groups in total. The van der Waals surface area contributed by atoms with Gasteiger partial charge in [0.25, 0.3) is 0 Å². The standard InChI is InChI=1S/C33H65NO7/c1-6-10-12-14-16-19-25-37-32(38-26-20-17-15-13-11-7-2)23-22-31(35)40-28-30(5)29-41-33(36)39-27-21-18-24-34(8-3)9-4/h30,32H,6-29H2,1-5H3. The molecule has 0 radical (unpaired) electrons. The Morgan fingerprint density at radius 3 is 1.68 bits per heavy atom. The Kier molecular flexibility index (Phi) is 29.1. The minimum Gasteiger partial charge on any atom is -0.465 e. The van der Waals surface area contributed by atoms with Crippen LogP contribution in [0.3, 0.4) is 0 Å². The summed E-state index contributed by atoms with van der Waals surface area (Å²) in [4.78, 5) is 26.5. The molecule has 1 unspecified atom stereocenters. The third-order valence-electron chi connectivity index (χ3n) is 7.18. The zero-order chi connectivity index (χ0) is 30.4. The number of carbonyl (C=O) groups excluding carboxylic acids is 2. The number of esters is 1. The maximum absolute atomic E-state index is 12.4. The van der Waals surface area contributed by atoms with Gasteiger partial charge in [-0.25, -0.2) is 4.79 Å². The second-order valence-electron chi connectivity index (χ2n) is 11.2. The molecule has 1 atom stereocenters. The van der Waals surface area contributed by atoms with Crippen LogP contribution >= 0.6 is 0 Å². The van der Waals surface area contributed by atoms with E-state index in [1.165, 1.54) is 51.4 Å². The van der Waals surface area contributed by atoms with Gasteiger partial charge in [0, 0.05) is 25.6 Å². The number of nitrogens with zero attached hydrogens (tertiary/aromatic N) is 1. The van der Waals surface area contributed by atoms with Gasteiger partial charge in [0.1, 0.15) is 6.61 Å². The van der Waals surface area contributed by atoms with Crippen molar-refractivity contribution in [1.82, 2.24) is 4.90 Å². The van der Waals surface area contributed by atoms with Gasteiger partial charge < -0.3 is 28.6 Å². The molecule has 0 bridgehead atoms. The molecule has 0 aliphatic rings. The molecule has 41 heavy (non-hydrogen) atoms. The van der Waals surface area contributed by atoms with Crippen LogP contribution in [0, 0.1) is 5.92 Å². The van der Waals surface area contributed by atoms with E-state index in [9.17, 15) is 9.59 Å². The van der Waals surface area contributed by atoms with Crippen molar-refractivity contribution >= 4 is 12.1 Å². The zero-order valence-electron chi connectivity index (χ0n) is 27.4. The van der Waals surface area contributed by atoms with Crippen LogP contribution in [-0.4, -0.2) is 76.0 Å². The minimum absolute atomic E-state index is 0.113. The summed E-state index contributed by atoms with van der Waals surface area (Å²) in [5.74, 6) is -0.401. The maximum atomic E-state index is 12.4. The van der Waals surface area contributed by atoms with Crippen LogP contribution in [0.25, 0.3) is 0 Å². The van der Waals surface area contributed by atoms with E-state index >= 15 is 0 Å². The number of hydrogen-bond donors (Lipinski definition) is 0. The Hall–Kier alpha value is -1.38. The van der Waals surface area contributed by atoms with Crippen LogP contribution in [0.1, 0.15) is 137 Å². The molecule has 0 aromatic rings. The first-order chi connectivity index (χ1) is 20.0. The lowest BCUT2D eigenvalue weighted by molar-refractivity contribution is -0.160. The van der Waals surface area contributed by atoms with Crippen molar-refractivity contribution in [2.75, 3.05) is 52.7 Å². The lowest BCUT2D eigenvalue weighted by Gasteiger charge is -2.19. The Morgan fingerprint density at radius 2 is 1.12 bits per heavy atom. The minimum atomic E-state index is -0.668. The summed E-state index contributed by atoms with van der Waals surface area (Å²) >= 11 is 0. The van der Waals surface area contributed by atoms with Gasteiger partial charge in [-0.2, -0.15) is 0 Å². The van der Waals surface area contributed by atoms with E-state index in [0.717, 1.165) is 58.2 Å². The van der Waals surface area contributed by atoms with Gasteiger partial charge in [-0.1, -0.05) is 98.8 Å². The Balaban J connectivity index is 4.15. The first-order valence-corrected chi connectivity index (χ1v) is 16.9. The summed E-state index contributed by atoms with van der Waals surface area (Å²) < 4.78 is 27.7. The Labute approximate surface area is 252 Å². The summed E-state index contributed by atoms with van der Waals surface area (Å²) in [5, 5.41) is 0. The van der Waals surface area contributed by atoms with Crippen LogP contribution in [0.15, 0.2) is 0 Å². The predicted molar refractivity (Wildman–Crippen MR) is 166 cm³/mol. The normalized spacial score (nSPS) is 12.2. The second-order valence-corrected chi connectivity index (χ2v) is 11.2. The molecule has 0 aromatic carbocycles.